The van der Waals surface area contributed by atoms with Crippen LogP contribution in [0, 0.1) is 11.8 Å². The molecule has 0 aliphatic heterocycles. The molecule has 1 atom stereocenters. The van der Waals surface area contributed by atoms with Crippen LogP contribution >= 0.6 is 11.6 Å². The summed E-state index contributed by atoms with van der Waals surface area (Å²) < 4.78 is 5.37. The highest BCUT2D eigenvalue weighted by molar-refractivity contribution is 6.32. The molecule has 0 radical (unpaired) electrons. The maximum absolute atomic E-state index is 6.02. The van der Waals surface area contributed by atoms with E-state index in [1.165, 1.54) is 0 Å². The molecule has 2 N–H and O–H groups in total. The van der Waals surface area contributed by atoms with Crippen molar-refractivity contribution in [3.05, 3.63) is 28.8 Å². The average molecular weight is 224 g/mol. The van der Waals surface area contributed by atoms with Crippen molar-refractivity contribution in [3.8, 4) is 17.6 Å². The smallest absolute Gasteiger partial charge is 0.149 e. The van der Waals surface area contributed by atoms with E-state index in [0.717, 1.165) is 5.56 Å². The van der Waals surface area contributed by atoms with E-state index in [2.05, 4.69) is 11.8 Å². The van der Waals surface area contributed by atoms with Crippen LogP contribution in [0.4, 0.5) is 0 Å². The summed E-state index contributed by atoms with van der Waals surface area (Å²) in [4.78, 5) is 0. The molecule has 1 rings (SSSR count). The van der Waals surface area contributed by atoms with Crippen LogP contribution in [-0.4, -0.2) is 6.61 Å². The van der Waals surface area contributed by atoms with Gasteiger partial charge in [0.15, 0.2) is 0 Å². The van der Waals surface area contributed by atoms with E-state index in [0.29, 0.717) is 17.4 Å². The Labute approximate surface area is 95.4 Å². The summed E-state index contributed by atoms with van der Waals surface area (Å²) in [7, 11) is 0. The first-order chi connectivity index (χ1) is 7.15. The minimum atomic E-state index is -0.0213. The fraction of sp³-hybridized carbons (Fsp3) is 0.333. The highest BCUT2D eigenvalue weighted by atomic mass is 35.5. The Kier molecular flexibility index (Phi) is 4.48. The number of hydrogen-bond acceptors (Lipinski definition) is 2. The molecule has 2 nitrogen and oxygen atoms in total. The van der Waals surface area contributed by atoms with Crippen LogP contribution in [-0.2, 0) is 0 Å². The highest BCUT2D eigenvalue weighted by Gasteiger charge is 2.05. The lowest BCUT2D eigenvalue weighted by Crippen LogP contribution is -2.05. The van der Waals surface area contributed by atoms with Gasteiger partial charge in [-0.3, -0.25) is 0 Å². The molecule has 80 valence electrons. The van der Waals surface area contributed by atoms with Gasteiger partial charge in [-0.05, 0) is 31.5 Å². The summed E-state index contributed by atoms with van der Waals surface area (Å²) >= 11 is 6.02. The second-order valence-corrected chi connectivity index (χ2v) is 3.60. The van der Waals surface area contributed by atoms with Crippen LogP contribution in [0.25, 0.3) is 0 Å². The summed E-state index contributed by atoms with van der Waals surface area (Å²) in [6, 6.07) is 5.52. The Morgan fingerprint density at radius 1 is 1.53 bits per heavy atom. The molecule has 0 spiro atoms. The largest absolute Gasteiger partial charge is 0.479 e. The van der Waals surface area contributed by atoms with Gasteiger partial charge in [0.25, 0.3) is 0 Å². The number of ether oxygens (including phenoxy) is 1. The van der Waals surface area contributed by atoms with E-state index in [1.807, 2.05) is 25.1 Å². The molecule has 0 fully saturated rings. The molecule has 1 unspecified atom stereocenters. The van der Waals surface area contributed by atoms with Gasteiger partial charge in [-0.15, -0.1) is 5.92 Å². The van der Waals surface area contributed by atoms with E-state index in [1.54, 1.807) is 6.92 Å². The van der Waals surface area contributed by atoms with E-state index < -0.39 is 0 Å². The zero-order valence-corrected chi connectivity index (χ0v) is 9.64. The molecule has 0 aromatic heterocycles. The minimum absolute atomic E-state index is 0.0213. The van der Waals surface area contributed by atoms with E-state index in [-0.39, 0.29) is 6.04 Å². The number of nitrogens with two attached hydrogens (primary N) is 1. The zero-order valence-electron chi connectivity index (χ0n) is 8.88. The second-order valence-electron chi connectivity index (χ2n) is 3.19. The van der Waals surface area contributed by atoms with Crippen molar-refractivity contribution >= 4 is 11.6 Å². The number of hydrogen-bond donors (Lipinski definition) is 1. The molecule has 0 amide bonds. The Balaban J connectivity index is 2.77. The van der Waals surface area contributed by atoms with E-state index >= 15 is 0 Å². The highest BCUT2D eigenvalue weighted by Crippen LogP contribution is 2.27. The van der Waals surface area contributed by atoms with Crippen LogP contribution < -0.4 is 10.5 Å². The SMILES string of the molecule is CC#CCOc1ccc(C(C)N)cc1Cl. The van der Waals surface area contributed by atoms with Crippen molar-refractivity contribution in [2.75, 3.05) is 6.61 Å². The predicted octanol–water partition coefficient (Wildman–Crippen LogP) is 2.76. The van der Waals surface area contributed by atoms with Gasteiger partial charge in [0.2, 0.25) is 0 Å². The van der Waals surface area contributed by atoms with Crippen LogP contribution in [0.5, 0.6) is 5.75 Å². The number of rotatable bonds is 3. The minimum Gasteiger partial charge on any atom is -0.479 e. The lowest BCUT2D eigenvalue weighted by atomic mass is 10.1. The van der Waals surface area contributed by atoms with Crippen molar-refractivity contribution in [2.24, 2.45) is 5.73 Å². The molecule has 1 aromatic carbocycles. The van der Waals surface area contributed by atoms with Crippen LogP contribution in [0.3, 0.4) is 0 Å². The Morgan fingerprint density at radius 2 is 2.27 bits per heavy atom. The van der Waals surface area contributed by atoms with Crippen molar-refractivity contribution < 1.29 is 4.74 Å². The average Bonchev–Trinajstić information content (AvgIpc) is 2.20. The molecule has 0 aliphatic rings. The van der Waals surface area contributed by atoms with Crippen molar-refractivity contribution in [3.63, 3.8) is 0 Å². The monoisotopic (exact) mass is 223 g/mol. The summed E-state index contributed by atoms with van der Waals surface area (Å²) in [6.45, 7) is 4.03. The molecule has 0 saturated carbocycles. The van der Waals surface area contributed by atoms with Gasteiger partial charge in [0, 0.05) is 6.04 Å². The number of benzene rings is 1. The molecule has 15 heavy (non-hydrogen) atoms. The maximum atomic E-state index is 6.02. The van der Waals surface area contributed by atoms with Gasteiger partial charge >= 0.3 is 0 Å². The lowest BCUT2D eigenvalue weighted by Gasteiger charge is -2.09. The fourth-order valence-electron chi connectivity index (χ4n) is 1.10. The second kappa shape index (κ2) is 5.65. The molecule has 0 aliphatic carbocycles. The van der Waals surface area contributed by atoms with Gasteiger partial charge in [-0.1, -0.05) is 23.6 Å². The molecule has 0 bridgehead atoms. The Hall–Kier alpha value is -1.17. The normalized spacial score (nSPS) is 11.5. The van der Waals surface area contributed by atoms with Gasteiger partial charge in [-0.2, -0.15) is 0 Å². The summed E-state index contributed by atoms with van der Waals surface area (Å²) in [5, 5.41) is 0.572. The predicted molar refractivity (Wildman–Crippen MR) is 63.0 cm³/mol. The standard InChI is InChI=1S/C12H14ClNO/c1-3-4-7-15-12-6-5-10(9(2)14)8-11(12)13/h5-6,8-9H,7,14H2,1-2H3. The first kappa shape index (κ1) is 11.9. The molecular formula is C12H14ClNO. The van der Waals surface area contributed by atoms with E-state index in [4.69, 9.17) is 22.1 Å². The van der Waals surface area contributed by atoms with Gasteiger partial charge < -0.3 is 10.5 Å². The van der Waals surface area contributed by atoms with Gasteiger partial charge in [-0.25, -0.2) is 0 Å². The third-order valence-corrected chi connectivity index (χ3v) is 2.25. The first-order valence-corrected chi connectivity index (χ1v) is 5.10. The maximum Gasteiger partial charge on any atom is 0.149 e. The first-order valence-electron chi connectivity index (χ1n) is 4.72. The zero-order chi connectivity index (χ0) is 11.3. The topological polar surface area (TPSA) is 35.2 Å². The molecule has 3 heteroatoms. The fourth-order valence-corrected chi connectivity index (χ4v) is 1.35. The molecular weight excluding hydrogens is 210 g/mol. The van der Waals surface area contributed by atoms with Crippen LogP contribution in [0.2, 0.25) is 5.02 Å². The van der Waals surface area contributed by atoms with Gasteiger partial charge in [0.1, 0.15) is 12.4 Å². The van der Waals surface area contributed by atoms with Crippen molar-refractivity contribution in [2.45, 2.75) is 19.9 Å². The van der Waals surface area contributed by atoms with E-state index in [9.17, 15) is 0 Å². The molecule has 0 saturated heterocycles. The Morgan fingerprint density at radius 3 is 2.80 bits per heavy atom. The quantitative estimate of drug-likeness (QED) is 0.800. The summed E-state index contributed by atoms with van der Waals surface area (Å²) in [5.41, 5.74) is 6.73. The van der Waals surface area contributed by atoms with Crippen LogP contribution in [0.1, 0.15) is 25.5 Å². The third kappa shape index (κ3) is 3.47. The molecule has 0 heterocycles. The van der Waals surface area contributed by atoms with Crippen molar-refractivity contribution in [1.82, 2.24) is 0 Å². The lowest BCUT2D eigenvalue weighted by molar-refractivity contribution is 0.370. The van der Waals surface area contributed by atoms with Crippen LogP contribution in [0.15, 0.2) is 18.2 Å². The summed E-state index contributed by atoms with van der Waals surface area (Å²) in [6.07, 6.45) is 0. The van der Waals surface area contributed by atoms with Gasteiger partial charge in [0.05, 0.1) is 5.02 Å². The molecule has 1 aromatic rings. The number of halogens is 1. The third-order valence-electron chi connectivity index (χ3n) is 1.96. The summed E-state index contributed by atoms with van der Waals surface area (Å²) in [5.74, 6) is 6.20. The Bertz CT molecular complexity index is 390. The van der Waals surface area contributed by atoms with Crippen molar-refractivity contribution in [1.29, 1.82) is 0 Å².